The average Bonchev–Trinajstić information content (AvgIpc) is 2.47. The lowest BCUT2D eigenvalue weighted by Crippen LogP contribution is -2.39. The second-order valence-corrected chi connectivity index (χ2v) is 5.04. The quantitative estimate of drug-likeness (QED) is 0.723. The summed E-state index contributed by atoms with van der Waals surface area (Å²) in [6.45, 7) is 4.30. The number of pyridine rings is 1. The molecule has 1 saturated carbocycles. The third kappa shape index (κ3) is 4.57. The maximum Gasteiger partial charge on any atom is 0.319 e. The van der Waals surface area contributed by atoms with Crippen LogP contribution in [-0.4, -0.2) is 23.6 Å². The first-order valence-electron chi connectivity index (χ1n) is 7.16. The van der Waals surface area contributed by atoms with Crippen molar-refractivity contribution in [3.63, 3.8) is 0 Å². The highest BCUT2D eigenvalue weighted by molar-refractivity contribution is 5.89. The molecule has 1 aromatic rings. The Morgan fingerprint density at radius 1 is 1.35 bits per heavy atom. The molecule has 0 spiro atoms. The van der Waals surface area contributed by atoms with E-state index in [0.29, 0.717) is 18.3 Å². The monoisotopic (exact) mass is 274 g/mol. The number of hydrogen-bond acceptors (Lipinski definition) is 3. The minimum absolute atomic E-state index is 0.148. The van der Waals surface area contributed by atoms with Crippen molar-refractivity contribution in [2.45, 2.75) is 38.1 Å². The number of carbonyl (C=O) groups excluding carboxylic acids is 1. The van der Waals surface area contributed by atoms with Crippen molar-refractivity contribution < 1.29 is 4.79 Å². The highest BCUT2D eigenvalue weighted by Gasteiger charge is 2.15. The van der Waals surface area contributed by atoms with E-state index in [2.05, 4.69) is 27.5 Å². The molecular formula is C15H22N4O. The van der Waals surface area contributed by atoms with Gasteiger partial charge in [-0.05, 0) is 25.0 Å². The molecule has 5 heteroatoms. The van der Waals surface area contributed by atoms with Crippen LogP contribution >= 0.6 is 0 Å². The van der Waals surface area contributed by atoms with Crippen LogP contribution < -0.4 is 16.0 Å². The molecule has 3 N–H and O–H groups in total. The van der Waals surface area contributed by atoms with Gasteiger partial charge in [0, 0.05) is 12.6 Å². The van der Waals surface area contributed by atoms with Crippen molar-refractivity contribution in [2.75, 3.05) is 17.2 Å². The van der Waals surface area contributed by atoms with Gasteiger partial charge < -0.3 is 16.0 Å². The summed E-state index contributed by atoms with van der Waals surface area (Å²) in [4.78, 5) is 16.1. The Kier molecular flexibility index (Phi) is 5.41. The molecule has 1 heterocycles. The van der Waals surface area contributed by atoms with E-state index in [1.807, 2.05) is 12.1 Å². The van der Waals surface area contributed by atoms with Gasteiger partial charge in [-0.1, -0.05) is 25.3 Å². The maximum absolute atomic E-state index is 11.9. The van der Waals surface area contributed by atoms with Crippen LogP contribution in [0.5, 0.6) is 0 Å². The number of nitrogens with one attached hydrogen (secondary N) is 3. The van der Waals surface area contributed by atoms with Gasteiger partial charge in [-0.2, -0.15) is 0 Å². The summed E-state index contributed by atoms with van der Waals surface area (Å²) in [7, 11) is 0. The average molecular weight is 274 g/mol. The molecule has 0 radical (unpaired) electrons. The lowest BCUT2D eigenvalue weighted by Gasteiger charge is -2.22. The van der Waals surface area contributed by atoms with Gasteiger partial charge in [0.1, 0.15) is 5.82 Å². The van der Waals surface area contributed by atoms with Gasteiger partial charge in [0.2, 0.25) is 0 Å². The smallest absolute Gasteiger partial charge is 0.319 e. The van der Waals surface area contributed by atoms with Gasteiger partial charge in [0.05, 0.1) is 11.9 Å². The highest BCUT2D eigenvalue weighted by atomic mass is 16.2. The van der Waals surface area contributed by atoms with Gasteiger partial charge in [-0.3, -0.25) is 0 Å². The zero-order valence-electron chi connectivity index (χ0n) is 11.7. The van der Waals surface area contributed by atoms with Crippen LogP contribution in [0.2, 0.25) is 0 Å². The van der Waals surface area contributed by atoms with E-state index >= 15 is 0 Å². The molecule has 2 rings (SSSR count). The SMILES string of the molecule is C=CCNc1ccc(NC(=O)NC2CCCCC2)cn1. The van der Waals surface area contributed by atoms with Gasteiger partial charge in [-0.15, -0.1) is 6.58 Å². The fraction of sp³-hybridized carbons (Fsp3) is 0.467. The second kappa shape index (κ2) is 7.53. The summed E-state index contributed by atoms with van der Waals surface area (Å²) in [5.41, 5.74) is 0.697. The number of anilines is 2. The third-order valence-electron chi connectivity index (χ3n) is 3.39. The van der Waals surface area contributed by atoms with E-state index in [4.69, 9.17) is 0 Å². The van der Waals surface area contributed by atoms with Crippen LogP contribution in [-0.2, 0) is 0 Å². The van der Waals surface area contributed by atoms with Crippen LogP contribution in [0.15, 0.2) is 31.0 Å². The number of urea groups is 1. The Hall–Kier alpha value is -2.04. The van der Waals surface area contributed by atoms with Crippen molar-refractivity contribution in [3.8, 4) is 0 Å². The predicted molar refractivity (Wildman–Crippen MR) is 82.0 cm³/mol. The van der Waals surface area contributed by atoms with Gasteiger partial charge in [-0.25, -0.2) is 9.78 Å². The van der Waals surface area contributed by atoms with Gasteiger partial charge in [0.25, 0.3) is 0 Å². The van der Waals surface area contributed by atoms with Crippen molar-refractivity contribution in [1.29, 1.82) is 0 Å². The lowest BCUT2D eigenvalue weighted by atomic mass is 9.96. The van der Waals surface area contributed by atoms with Crippen molar-refractivity contribution in [2.24, 2.45) is 0 Å². The first-order chi connectivity index (χ1) is 9.78. The summed E-state index contributed by atoms with van der Waals surface area (Å²) in [6.07, 6.45) is 9.26. The Labute approximate surface area is 119 Å². The Balaban J connectivity index is 1.79. The Morgan fingerprint density at radius 2 is 2.15 bits per heavy atom. The number of amides is 2. The highest BCUT2D eigenvalue weighted by Crippen LogP contribution is 2.17. The number of nitrogens with zero attached hydrogens (tertiary/aromatic N) is 1. The Morgan fingerprint density at radius 3 is 2.80 bits per heavy atom. The van der Waals surface area contributed by atoms with Gasteiger partial charge >= 0.3 is 6.03 Å². The van der Waals surface area contributed by atoms with E-state index in [1.54, 1.807) is 12.3 Å². The third-order valence-corrected chi connectivity index (χ3v) is 3.39. The summed E-state index contributed by atoms with van der Waals surface area (Å²) in [5.74, 6) is 0.767. The number of aromatic nitrogens is 1. The molecule has 1 fully saturated rings. The van der Waals surface area contributed by atoms with Crippen molar-refractivity contribution in [1.82, 2.24) is 10.3 Å². The molecule has 1 aliphatic rings. The van der Waals surface area contributed by atoms with Crippen molar-refractivity contribution in [3.05, 3.63) is 31.0 Å². The topological polar surface area (TPSA) is 66.0 Å². The first-order valence-corrected chi connectivity index (χ1v) is 7.16. The molecule has 0 aromatic carbocycles. The van der Waals surface area contributed by atoms with Crippen LogP contribution in [0, 0.1) is 0 Å². The molecule has 0 bridgehead atoms. The van der Waals surface area contributed by atoms with E-state index in [1.165, 1.54) is 19.3 Å². The molecule has 0 unspecified atom stereocenters. The summed E-state index contributed by atoms with van der Waals surface area (Å²) < 4.78 is 0. The van der Waals surface area contributed by atoms with Crippen molar-refractivity contribution >= 4 is 17.5 Å². The molecule has 1 aromatic heterocycles. The molecule has 1 aliphatic carbocycles. The largest absolute Gasteiger partial charge is 0.367 e. The molecule has 0 aliphatic heterocycles. The van der Waals surface area contributed by atoms with E-state index in [0.717, 1.165) is 18.7 Å². The zero-order chi connectivity index (χ0) is 14.2. The predicted octanol–water partition coefficient (Wildman–Crippen LogP) is 3.13. The molecule has 108 valence electrons. The van der Waals surface area contributed by atoms with Crippen LogP contribution in [0.1, 0.15) is 32.1 Å². The molecule has 0 saturated heterocycles. The fourth-order valence-electron chi connectivity index (χ4n) is 2.35. The fourth-order valence-corrected chi connectivity index (χ4v) is 2.35. The zero-order valence-corrected chi connectivity index (χ0v) is 11.7. The van der Waals surface area contributed by atoms with E-state index < -0.39 is 0 Å². The summed E-state index contributed by atoms with van der Waals surface area (Å²) >= 11 is 0. The van der Waals surface area contributed by atoms with Gasteiger partial charge in [0.15, 0.2) is 0 Å². The Bertz CT molecular complexity index is 438. The van der Waals surface area contributed by atoms with Crippen LogP contribution in [0.3, 0.4) is 0 Å². The molecular weight excluding hydrogens is 252 g/mol. The number of hydrogen-bond donors (Lipinski definition) is 3. The minimum Gasteiger partial charge on any atom is -0.367 e. The second-order valence-electron chi connectivity index (χ2n) is 5.04. The molecule has 5 nitrogen and oxygen atoms in total. The lowest BCUT2D eigenvalue weighted by molar-refractivity contribution is 0.244. The van der Waals surface area contributed by atoms with E-state index in [9.17, 15) is 4.79 Å². The normalized spacial score (nSPS) is 15.4. The molecule has 2 amide bonds. The maximum atomic E-state index is 11.9. The number of carbonyl (C=O) groups is 1. The van der Waals surface area contributed by atoms with Crippen LogP contribution in [0.4, 0.5) is 16.3 Å². The summed E-state index contributed by atoms with van der Waals surface area (Å²) in [5, 5.41) is 8.90. The summed E-state index contributed by atoms with van der Waals surface area (Å²) in [6, 6.07) is 3.83. The minimum atomic E-state index is -0.148. The van der Waals surface area contributed by atoms with Crippen LogP contribution in [0.25, 0.3) is 0 Å². The first kappa shape index (κ1) is 14.4. The van der Waals surface area contributed by atoms with E-state index in [-0.39, 0.29) is 6.03 Å². The molecule has 0 atom stereocenters. The standard InChI is InChI=1S/C15H22N4O/c1-2-10-16-14-9-8-13(11-17-14)19-15(20)18-12-6-4-3-5-7-12/h2,8-9,11-12H,1,3-7,10H2,(H,16,17)(H2,18,19,20). The molecule has 20 heavy (non-hydrogen) atoms. The number of rotatable bonds is 5.